The largest absolute Gasteiger partial charge is 0.497 e. The van der Waals surface area contributed by atoms with Gasteiger partial charge in [-0.2, -0.15) is 0 Å². The number of carbonyl (C=O) groups excluding carboxylic acids is 2. The molecule has 1 unspecified atom stereocenters. The molecule has 0 radical (unpaired) electrons. The van der Waals surface area contributed by atoms with Crippen LogP contribution in [0.25, 0.3) is 0 Å². The molecule has 0 spiro atoms. The van der Waals surface area contributed by atoms with Crippen molar-refractivity contribution >= 4 is 50.7 Å². The van der Waals surface area contributed by atoms with Crippen molar-refractivity contribution in [3.8, 4) is 5.75 Å². The smallest absolute Gasteiger partial charge is 0.264 e. The zero-order chi connectivity index (χ0) is 31.1. The van der Waals surface area contributed by atoms with Crippen LogP contribution in [0.3, 0.4) is 0 Å². The molecule has 0 aromatic heterocycles. The van der Waals surface area contributed by atoms with E-state index in [2.05, 4.69) is 5.32 Å². The van der Waals surface area contributed by atoms with Crippen LogP contribution in [0.5, 0.6) is 5.75 Å². The Hall–Kier alpha value is -3.27. The monoisotopic (exact) mass is 645 g/mol. The summed E-state index contributed by atoms with van der Waals surface area (Å²) in [6.07, 6.45) is 4.20. The van der Waals surface area contributed by atoms with Gasteiger partial charge in [-0.05, 0) is 80.3 Å². The van der Waals surface area contributed by atoms with Gasteiger partial charge in [-0.15, -0.1) is 0 Å². The zero-order valence-electron chi connectivity index (χ0n) is 24.6. The number of nitrogens with zero attached hydrogens (tertiary/aromatic N) is 2. The maximum absolute atomic E-state index is 14.2. The van der Waals surface area contributed by atoms with E-state index >= 15 is 0 Å². The lowest BCUT2D eigenvalue weighted by atomic mass is 10.1. The first-order valence-electron chi connectivity index (χ1n) is 14.3. The molecule has 0 aliphatic heterocycles. The Bertz CT molecular complexity index is 1530. The summed E-state index contributed by atoms with van der Waals surface area (Å²) in [6.45, 7) is 3.20. The number of ether oxygens (including phenoxy) is 1. The van der Waals surface area contributed by atoms with Gasteiger partial charge in [0.25, 0.3) is 10.0 Å². The number of hydrogen-bond acceptors (Lipinski definition) is 5. The predicted molar refractivity (Wildman–Crippen MR) is 170 cm³/mol. The van der Waals surface area contributed by atoms with Crippen LogP contribution >= 0.6 is 23.2 Å². The van der Waals surface area contributed by atoms with Crippen LogP contribution in [0.1, 0.15) is 50.2 Å². The molecule has 2 amide bonds. The van der Waals surface area contributed by atoms with Crippen molar-refractivity contribution < 1.29 is 22.7 Å². The molecule has 1 atom stereocenters. The number of sulfonamides is 1. The summed E-state index contributed by atoms with van der Waals surface area (Å²) < 4.78 is 34.4. The van der Waals surface area contributed by atoms with Gasteiger partial charge in [-0.1, -0.05) is 66.7 Å². The van der Waals surface area contributed by atoms with E-state index in [-0.39, 0.29) is 29.1 Å². The minimum absolute atomic E-state index is 0.0351. The van der Waals surface area contributed by atoms with Crippen molar-refractivity contribution in [3.05, 3.63) is 87.9 Å². The summed E-state index contributed by atoms with van der Waals surface area (Å²) in [7, 11) is -2.65. The highest BCUT2D eigenvalue weighted by Crippen LogP contribution is 2.28. The third kappa shape index (κ3) is 8.02. The molecular formula is C32H37Cl2N3O5S. The van der Waals surface area contributed by atoms with Crippen molar-refractivity contribution in [2.24, 2.45) is 0 Å². The van der Waals surface area contributed by atoms with Gasteiger partial charge in [-0.3, -0.25) is 13.9 Å². The van der Waals surface area contributed by atoms with Gasteiger partial charge < -0.3 is 15.0 Å². The summed E-state index contributed by atoms with van der Waals surface area (Å²) in [5.74, 6) is -0.259. The Morgan fingerprint density at radius 3 is 2.21 bits per heavy atom. The molecule has 1 N–H and O–H groups in total. The number of nitrogens with one attached hydrogen (secondary N) is 1. The Morgan fingerprint density at radius 1 is 0.977 bits per heavy atom. The Kier molecular flexibility index (Phi) is 11.0. The number of carbonyl (C=O) groups is 2. The SMILES string of the molecule is CCC(C(=O)NC1CCCC1)N(Cc1ccc(Cl)c(Cl)c1)C(=O)CN(c1ccc(OC)cc1)S(=O)(=O)c1ccc(C)cc1. The summed E-state index contributed by atoms with van der Waals surface area (Å²) in [5.41, 5.74) is 1.85. The van der Waals surface area contributed by atoms with Crippen LogP contribution < -0.4 is 14.4 Å². The molecule has 0 saturated heterocycles. The molecule has 11 heteroatoms. The Balaban J connectivity index is 1.73. The Morgan fingerprint density at radius 2 is 1.63 bits per heavy atom. The second kappa shape index (κ2) is 14.5. The normalized spacial score (nSPS) is 14.3. The van der Waals surface area contributed by atoms with E-state index in [9.17, 15) is 18.0 Å². The molecule has 0 bridgehead atoms. The number of aryl methyl sites for hydroxylation is 1. The molecule has 1 aliphatic carbocycles. The molecule has 4 rings (SSSR count). The molecule has 3 aromatic rings. The molecule has 3 aromatic carbocycles. The molecule has 43 heavy (non-hydrogen) atoms. The van der Waals surface area contributed by atoms with Crippen molar-refractivity contribution in [1.29, 1.82) is 0 Å². The molecule has 8 nitrogen and oxygen atoms in total. The van der Waals surface area contributed by atoms with Crippen molar-refractivity contribution in [1.82, 2.24) is 10.2 Å². The first-order valence-corrected chi connectivity index (χ1v) is 16.5. The minimum Gasteiger partial charge on any atom is -0.497 e. The van der Waals surface area contributed by atoms with Gasteiger partial charge in [-0.25, -0.2) is 8.42 Å². The van der Waals surface area contributed by atoms with Crippen LogP contribution in [0.15, 0.2) is 71.6 Å². The fourth-order valence-corrected chi connectivity index (χ4v) is 6.97. The fraction of sp³-hybridized carbons (Fsp3) is 0.375. The van der Waals surface area contributed by atoms with Gasteiger partial charge in [0.1, 0.15) is 18.3 Å². The molecule has 1 aliphatic rings. The summed E-state index contributed by atoms with van der Waals surface area (Å²) in [5, 5.41) is 3.79. The van der Waals surface area contributed by atoms with Gasteiger partial charge in [0.2, 0.25) is 11.8 Å². The maximum Gasteiger partial charge on any atom is 0.264 e. The van der Waals surface area contributed by atoms with Crippen LogP contribution in [-0.4, -0.2) is 50.9 Å². The van der Waals surface area contributed by atoms with Gasteiger partial charge >= 0.3 is 0 Å². The standard InChI is InChI=1S/C32H37Cl2N3O5S/c1-4-30(32(39)35-24-7-5-6-8-24)36(20-23-11-18-28(33)29(34)19-23)31(38)21-37(25-12-14-26(42-3)15-13-25)43(40,41)27-16-9-22(2)10-17-27/h9-19,24,30H,4-8,20-21H2,1-3H3,(H,35,39). The van der Waals surface area contributed by atoms with Crippen LogP contribution in [0.4, 0.5) is 5.69 Å². The summed E-state index contributed by atoms with van der Waals surface area (Å²) >= 11 is 12.4. The van der Waals surface area contributed by atoms with Crippen molar-refractivity contribution in [2.45, 2.75) is 69.5 Å². The highest BCUT2D eigenvalue weighted by Gasteiger charge is 2.34. The first-order chi connectivity index (χ1) is 20.5. The number of rotatable bonds is 12. The second-order valence-corrected chi connectivity index (χ2v) is 13.4. The zero-order valence-corrected chi connectivity index (χ0v) is 26.9. The minimum atomic E-state index is -4.17. The van der Waals surface area contributed by atoms with E-state index in [1.165, 1.54) is 24.1 Å². The van der Waals surface area contributed by atoms with Crippen LogP contribution in [0.2, 0.25) is 10.0 Å². The maximum atomic E-state index is 14.2. The number of benzene rings is 3. The first kappa shape index (κ1) is 32.6. The van der Waals surface area contributed by atoms with E-state index in [4.69, 9.17) is 27.9 Å². The summed E-state index contributed by atoms with van der Waals surface area (Å²) in [6, 6.07) is 17.1. The van der Waals surface area contributed by atoms with E-state index in [0.29, 0.717) is 27.8 Å². The third-order valence-electron chi connectivity index (χ3n) is 7.67. The van der Waals surface area contributed by atoms with Crippen molar-refractivity contribution in [2.75, 3.05) is 18.0 Å². The number of hydrogen-bond donors (Lipinski definition) is 1. The van der Waals surface area contributed by atoms with Gasteiger partial charge in [0.15, 0.2) is 0 Å². The number of anilines is 1. The Labute approximate surface area is 264 Å². The topological polar surface area (TPSA) is 96.0 Å². The average Bonchev–Trinajstić information content (AvgIpc) is 3.50. The molecule has 0 heterocycles. The van der Waals surface area contributed by atoms with Gasteiger partial charge in [0, 0.05) is 12.6 Å². The number of halogens is 2. The number of amides is 2. The predicted octanol–water partition coefficient (Wildman–Crippen LogP) is 6.37. The van der Waals surface area contributed by atoms with E-state index < -0.39 is 28.5 Å². The van der Waals surface area contributed by atoms with E-state index in [1.54, 1.807) is 54.6 Å². The number of methoxy groups -OCH3 is 1. The van der Waals surface area contributed by atoms with Crippen LogP contribution in [-0.2, 0) is 26.2 Å². The third-order valence-corrected chi connectivity index (χ3v) is 10.2. The summed E-state index contributed by atoms with van der Waals surface area (Å²) in [4.78, 5) is 29.3. The highest BCUT2D eigenvalue weighted by molar-refractivity contribution is 7.92. The van der Waals surface area contributed by atoms with E-state index in [1.807, 2.05) is 13.8 Å². The lowest BCUT2D eigenvalue weighted by molar-refractivity contribution is -0.140. The highest BCUT2D eigenvalue weighted by atomic mass is 35.5. The lowest BCUT2D eigenvalue weighted by Crippen LogP contribution is -2.53. The molecule has 1 fully saturated rings. The van der Waals surface area contributed by atoms with E-state index in [0.717, 1.165) is 35.6 Å². The van der Waals surface area contributed by atoms with Gasteiger partial charge in [0.05, 0.1) is 27.7 Å². The molecule has 1 saturated carbocycles. The van der Waals surface area contributed by atoms with Crippen molar-refractivity contribution in [3.63, 3.8) is 0 Å². The quantitative estimate of drug-likeness (QED) is 0.247. The lowest BCUT2D eigenvalue weighted by Gasteiger charge is -2.34. The second-order valence-electron chi connectivity index (χ2n) is 10.7. The molecular weight excluding hydrogens is 609 g/mol. The average molecular weight is 647 g/mol. The van der Waals surface area contributed by atoms with Crippen LogP contribution in [0, 0.1) is 6.92 Å². The fourth-order valence-electron chi connectivity index (χ4n) is 5.24. The molecule has 230 valence electrons.